The van der Waals surface area contributed by atoms with E-state index in [4.69, 9.17) is 9.47 Å². The lowest BCUT2D eigenvalue weighted by Gasteiger charge is -2.43. The van der Waals surface area contributed by atoms with E-state index in [-0.39, 0.29) is 37.3 Å². The average Bonchev–Trinajstić information content (AvgIpc) is 2.91. The van der Waals surface area contributed by atoms with Crippen LogP contribution in [0.3, 0.4) is 0 Å². The summed E-state index contributed by atoms with van der Waals surface area (Å²) in [5.41, 5.74) is -0.420. The molecule has 0 spiro atoms. The molecule has 1 unspecified atom stereocenters. The fraction of sp³-hybridized carbons (Fsp3) is 0.529. The van der Waals surface area contributed by atoms with Crippen LogP contribution in [0.4, 0.5) is 4.39 Å². The van der Waals surface area contributed by atoms with Gasteiger partial charge in [-0.25, -0.2) is 4.39 Å². The summed E-state index contributed by atoms with van der Waals surface area (Å²) >= 11 is 0. The second-order valence-corrected chi connectivity index (χ2v) is 6.28. The first-order valence-corrected chi connectivity index (χ1v) is 7.97. The number of benzene rings is 1. The largest absolute Gasteiger partial charge is 0.383 e. The average molecular weight is 336 g/mol. The van der Waals surface area contributed by atoms with Crippen molar-refractivity contribution in [2.24, 2.45) is 5.92 Å². The Balaban J connectivity index is 1.68. The Bertz CT molecular complexity index is 633. The van der Waals surface area contributed by atoms with E-state index >= 15 is 0 Å². The number of carbonyl (C=O) groups is 2. The van der Waals surface area contributed by atoms with Gasteiger partial charge in [0.2, 0.25) is 11.8 Å². The number of methoxy groups -OCH3 is 1. The van der Waals surface area contributed by atoms with Crippen molar-refractivity contribution in [2.75, 3.05) is 40.0 Å². The molecule has 6 nitrogen and oxygen atoms in total. The van der Waals surface area contributed by atoms with E-state index in [1.165, 1.54) is 6.07 Å². The Morgan fingerprint density at radius 1 is 1.46 bits per heavy atom. The van der Waals surface area contributed by atoms with Crippen LogP contribution < -0.4 is 5.32 Å². The van der Waals surface area contributed by atoms with Crippen LogP contribution in [0.25, 0.3) is 0 Å². The Hall–Kier alpha value is -1.99. The number of amides is 2. The van der Waals surface area contributed by atoms with Crippen LogP contribution in [0, 0.1) is 11.7 Å². The number of hydrogen-bond acceptors (Lipinski definition) is 4. The minimum Gasteiger partial charge on any atom is -0.383 e. The van der Waals surface area contributed by atoms with Gasteiger partial charge in [-0.15, -0.1) is 0 Å². The van der Waals surface area contributed by atoms with Gasteiger partial charge in [-0.2, -0.15) is 0 Å². The van der Waals surface area contributed by atoms with E-state index in [1.807, 2.05) is 0 Å². The highest BCUT2D eigenvalue weighted by molar-refractivity contribution is 5.89. The minimum atomic E-state index is -0.842. The number of ether oxygens (including phenoxy) is 2. The third-order valence-electron chi connectivity index (χ3n) is 4.60. The number of halogens is 1. The van der Waals surface area contributed by atoms with Gasteiger partial charge >= 0.3 is 0 Å². The normalized spacial score (nSPS) is 22.3. The predicted octanol–water partition coefficient (Wildman–Crippen LogP) is 0.662. The second-order valence-electron chi connectivity index (χ2n) is 6.28. The molecular weight excluding hydrogens is 315 g/mol. The third-order valence-corrected chi connectivity index (χ3v) is 4.60. The molecule has 2 aliphatic rings. The van der Waals surface area contributed by atoms with Crippen LogP contribution in [0.1, 0.15) is 12.0 Å². The third kappa shape index (κ3) is 3.14. The fourth-order valence-corrected chi connectivity index (χ4v) is 3.15. The molecule has 130 valence electrons. The summed E-state index contributed by atoms with van der Waals surface area (Å²) in [6, 6.07) is 6.36. The monoisotopic (exact) mass is 336 g/mol. The number of likely N-dealkylation sites (tertiary alicyclic amines) is 1. The second kappa shape index (κ2) is 6.86. The lowest BCUT2D eigenvalue weighted by atomic mass is 9.86. The van der Waals surface area contributed by atoms with Crippen molar-refractivity contribution in [3.05, 3.63) is 35.6 Å². The van der Waals surface area contributed by atoms with Gasteiger partial charge in [-0.3, -0.25) is 9.59 Å². The Morgan fingerprint density at radius 2 is 2.21 bits per heavy atom. The van der Waals surface area contributed by atoms with Crippen molar-refractivity contribution in [1.82, 2.24) is 10.2 Å². The molecule has 2 fully saturated rings. The summed E-state index contributed by atoms with van der Waals surface area (Å²) in [7, 11) is 1.57. The van der Waals surface area contributed by atoms with E-state index in [1.54, 1.807) is 30.2 Å². The molecule has 2 heterocycles. The minimum absolute atomic E-state index is 0.0583. The molecule has 0 aromatic heterocycles. The Labute approximate surface area is 139 Å². The first-order valence-electron chi connectivity index (χ1n) is 7.97. The van der Waals surface area contributed by atoms with Gasteiger partial charge in [0.15, 0.2) is 0 Å². The maximum atomic E-state index is 14.1. The van der Waals surface area contributed by atoms with Crippen molar-refractivity contribution in [1.29, 1.82) is 0 Å². The van der Waals surface area contributed by atoms with Crippen molar-refractivity contribution in [3.63, 3.8) is 0 Å². The molecule has 1 aromatic carbocycles. The molecular formula is C17H21FN2O4. The summed E-state index contributed by atoms with van der Waals surface area (Å²) in [5, 5.41) is 2.91. The van der Waals surface area contributed by atoms with Crippen molar-refractivity contribution >= 4 is 11.8 Å². The number of rotatable bonds is 6. The van der Waals surface area contributed by atoms with Crippen LogP contribution in [0.2, 0.25) is 0 Å². The van der Waals surface area contributed by atoms with Crippen LogP contribution in [0.15, 0.2) is 24.3 Å². The topological polar surface area (TPSA) is 67.9 Å². The lowest BCUT2D eigenvalue weighted by Crippen LogP contribution is -2.60. The first kappa shape index (κ1) is 16.9. The van der Waals surface area contributed by atoms with Crippen LogP contribution in [0.5, 0.6) is 0 Å². The van der Waals surface area contributed by atoms with Gasteiger partial charge < -0.3 is 19.7 Å². The van der Waals surface area contributed by atoms with Crippen molar-refractivity contribution in [3.8, 4) is 0 Å². The molecule has 0 saturated carbocycles. The van der Waals surface area contributed by atoms with Crippen LogP contribution >= 0.6 is 0 Å². The van der Waals surface area contributed by atoms with Gasteiger partial charge in [0.05, 0.1) is 25.7 Å². The van der Waals surface area contributed by atoms with E-state index in [2.05, 4.69) is 5.32 Å². The SMILES string of the molecule is COCCN1CC(C(=O)NC2(c3ccccc3F)COC2)CC1=O. The fourth-order valence-electron chi connectivity index (χ4n) is 3.15. The standard InChI is InChI=1S/C17H21FN2O4/c1-23-7-6-20-9-12(8-15(20)21)16(22)19-17(10-24-11-17)13-4-2-3-5-14(13)18/h2-5,12H,6-11H2,1H3,(H,19,22). The number of carbonyl (C=O) groups excluding carboxylic acids is 2. The molecule has 3 rings (SSSR count). The summed E-state index contributed by atoms with van der Waals surface area (Å²) < 4.78 is 24.3. The molecule has 2 aliphatic heterocycles. The van der Waals surface area contributed by atoms with Crippen LogP contribution in [-0.2, 0) is 24.6 Å². The van der Waals surface area contributed by atoms with E-state index in [0.29, 0.717) is 25.3 Å². The summed E-state index contributed by atoms with van der Waals surface area (Å²) in [4.78, 5) is 26.2. The molecule has 24 heavy (non-hydrogen) atoms. The molecule has 0 radical (unpaired) electrons. The first-order chi connectivity index (χ1) is 11.6. The van der Waals surface area contributed by atoms with Gasteiger partial charge in [0, 0.05) is 32.2 Å². The van der Waals surface area contributed by atoms with Crippen molar-refractivity contribution < 1.29 is 23.5 Å². The van der Waals surface area contributed by atoms with Crippen molar-refractivity contribution in [2.45, 2.75) is 12.0 Å². The Kier molecular flexibility index (Phi) is 4.82. The predicted molar refractivity (Wildman–Crippen MR) is 83.6 cm³/mol. The molecule has 1 atom stereocenters. The number of nitrogens with zero attached hydrogens (tertiary/aromatic N) is 1. The molecule has 1 N–H and O–H groups in total. The lowest BCUT2D eigenvalue weighted by molar-refractivity contribution is -0.138. The molecule has 2 amide bonds. The quantitative estimate of drug-likeness (QED) is 0.829. The Morgan fingerprint density at radius 3 is 2.83 bits per heavy atom. The van der Waals surface area contributed by atoms with Gasteiger partial charge in [0.25, 0.3) is 0 Å². The van der Waals surface area contributed by atoms with E-state index in [9.17, 15) is 14.0 Å². The summed E-state index contributed by atoms with van der Waals surface area (Å²) in [6.45, 7) is 1.73. The smallest absolute Gasteiger partial charge is 0.226 e. The summed E-state index contributed by atoms with van der Waals surface area (Å²) in [5.74, 6) is -1.10. The highest BCUT2D eigenvalue weighted by atomic mass is 19.1. The highest BCUT2D eigenvalue weighted by Crippen LogP contribution is 2.32. The van der Waals surface area contributed by atoms with Gasteiger partial charge in [-0.1, -0.05) is 18.2 Å². The zero-order chi connectivity index (χ0) is 17.2. The molecule has 0 bridgehead atoms. The maximum absolute atomic E-state index is 14.1. The number of hydrogen-bond donors (Lipinski definition) is 1. The molecule has 1 aromatic rings. The maximum Gasteiger partial charge on any atom is 0.226 e. The van der Waals surface area contributed by atoms with E-state index < -0.39 is 11.5 Å². The van der Waals surface area contributed by atoms with Gasteiger partial charge in [0.1, 0.15) is 11.4 Å². The highest BCUT2D eigenvalue weighted by Gasteiger charge is 2.45. The summed E-state index contributed by atoms with van der Waals surface area (Å²) in [6.07, 6.45) is 0.170. The zero-order valence-corrected chi connectivity index (χ0v) is 13.6. The van der Waals surface area contributed by atoms with E-state index in [0.717, 1.165) is 0 Å². The molecule has 7 heteroatoms. The zero-order valence-electron chi connectivity index (χ0n) is 13.6. The van der Waals surface area contributed by atoms with Gasteiger partial charge in [-0.05, 0) is 6.07 Å². The van der Waals surface area contributed by atoms with Crippen LogP contribution in [-0.4, -0.2) is 56.7 Å². The number of nitrogens with one attached hydrogen (secondary N) is 1. The molecule has 2 saturated heterocycles. The molecule has 0 aliphatic carbocycles.